The van der Waals surface area contributed by atoms with Crippen LogP contribution in [0.2, 0.25) is 0 Å². The van der Waals surface area contributed by atoms with E-state index in [1.807, 2.05) is 42.2 Å². The molecule has 0 aliphatic carbocycles. The summed E-state index contributed by atoms with van der Waals surface area (Å²) in [7, 11) is 1.65. The van der Waals surface area contributed by atoms with Crippen molar-refractivity contribution in [2.45, 2.75) is 75.2 Å². The Balaban J connectivity index is 1.20. The highest BCUT2D eigenvalue weighted by atomic mass is 16.6. The monoisotopic (exact) mass is 461 g/mol. The molecule has 1 aromatic rings. The number of amides is 3. The minimum Gasteiger partial charge on any atom is -0.388 e. The molecule has 7 unspecified atom stereocenters. The fourth-order valence-corrected chi connectivity index (χ4v) is 5.12. The molecule has 3 saturated heterocycles. The molecule has 0 aromatic heterocycles. The van der Waals surface area contributed by atoms with Crippen LogP contribution in [0, 0.1) is 0 Å². The number of likely N-dealkylation sites (tertiary alicyclic amines) is 1. The van der Waals surface area contributed by atoms with Crippen molar-refractivity contribution in [2.75, 3.05) is 26.8 Å². The van der Waals surface area contributed by atoms with Gasteiger partial charge < -0.3 is 34.9 Å². The Bertz CT molecular complexity index is 809. The van der Waals surface area contributed by atoms with Gasteiger partial charge in [0.05, 0.1) is 37.3 Å². The molecule has 0 saturated carbocycles. The van der Waals surface area contributed by atoms with E-state index in [1.165, 1.54) is 0 Å². The van der Waals surface area contributed by atoms with E-state index in [4.69, 9.17) is 14.2 Å². The van der Waals surface area contributed by atoms with Crippen molar-refractivity contribution >= 4 is 11.9 Å². The molecule has 3 amide bonds. The average molecular weight is 462 g/mol. The maximum absolute atomic E-state index is 12.8. The first-order valence-electron chi connectivity index (χ1n) is 11.8. The van der Waals surface area contributed by atoms with Crippen molar-refractivity contribution in [1.29, 1.82) is 0 Å². The van der Waals surface area contributed by atoms with Crippen LogP contribution >= 0.6 is 0 Å². The number of benzene rings is 1. The van der Waals surface area contributed by atoms with Crippen LogP contribution in [0.15, 0.2) is 30.3 Å². The zero-order valence-electron chi connectivity index (χ0n) is 19.3. The van der Waals surface area contributed by atoms with E-state index in [2.05, 4.69) is 10.6 Å². The number of carbonyl (C=O) groups excluding carboxylic acids is 2. The summed E-state index contributed by atoms with van der Waals surface area (Å²) in [6.45, 7) is 3.40. The summed E-state index contributed by atoms with van der Waals surface area (Å²) >= 11 is 0. The molecule has 4 rings (SSSR count). The standard InChI is InChI=1S/C24H35N3O6/c1-15(16-7-4-3-5-8-16)26-24(30)25-13-20-22(29)23-19(33-20)11-18(32-23)12-21(28)27-10-6-9-17(27)14-31-2/h3-5,7-8,15,17-20,22-23,29H,6,9-14H2,1-2H3,(H2,25,26,30). The van der Waals surface area contributed by atoms with Crippen molar-refractivity contribution in [3.05, 3.63) is 35.9 Å². The molecule has 3 aliphatic heterocycles. The molecule has 7 atom stereocenters. The molecule has 3 aliphatic rings. The fourth-order valence-electron chi connectivity index (χ4n) is 5.12. The second-order valence-electron chi connectivity index (χ2n) is 9.19. The maximum Gasteiger partial charge on any atom is 0.315 e. The summed E-state index contributed by atoms with van der Waals surface area (Å²) < 4.78 is 17.2. The molecule has 182 valence electrons. The van der Waals surface area contributed by atoms with Crippen molar-refractivity contribution in [3.63, 3.8) is 0 Å². The van der Waals surface area contributed by atoms with Gasteiger partial charge >= 0.3 is 6.03 Å². The molecule has 0 bridgehead atoms. The second kappa shape index (κ2) is 10.8. The number of hydrogen-bond donors (Lipinski definition) is 3. The van der Waals surface area contributed by atoms with Crippen molar-refractivity contribution in [2.24, 2.45) is 0 Å². The highest BCUT2D eigenvalue weighted by Crippen LogP contribution is 2.36. The van der Waals surface area contributed by atoms with Crippen molar-refractivity contribution < 1.29 is 28.9 Å². The predicted molar refractivity (Wildman–Crippen MR) is 121 cm³/mol. The number of rotatable bonds is 8. The van der Waals surface area contributed by atoms with Gasteiger partial charge in [-0.25, -0.2) is 4.79 Å². The first-order valence-corrected chi connectivity index (χ1v) is 11.8. The average Bonchev–Trinajstić information content (AvgIpc) is 3.50. The Morgan fingerprint density at radius 3 is 2.79 bits per heavy atom. The summed E-state index contributed by atoms with van der Waals surface area (Å²) in [5, 5.41) is 16.3. The first-order chi connectivity index (χ1) is 16.0. The lowest BCUT2D eigenvalue weighted by atomic mass is 10.1. The van der Waals surface area contributed by atoms with Gasteiger partial charge in [0.25, 0.3) is 0 Å². The zero-order chi connectivity index (χ0) is 23.4. The van der Waals surface area contributed by atoms with Gasteiger partial charge in [-0.2, -0.15) is 0 Å². The number of methoxy groups -OCH3 is 1. The lowest BCUT2D eigenvalue weighted by Gasteiger charge is -2.26. The third-order valence-electron chi connectivity index (χ3n) is 6.85. The van der Waals surface area contributed by atoms with E-state index < -0.39 is 18.3 Å². The van der Waals surface area contributed by atoms with E-state index in [1.54, 1.807) is 7.11 Å². The van der Waals surface area contributed by atoms with Crippen LogP contribution in [0.25, 0.3) is 0 Å². The molecule has 1 aromatic carbocycles. The number of ether oxygens (including phenoxy) is 3. The molecule has 9 heteroatoms. The molecular weight excluding hydrogens is 426 g/mol. The zero-order valence-corrected chi connectivity index (χ0v) is 19.3. The van der Waals surface area contributed by atoms with Gasteiger partial charge in [0.1, 0.15) is 18.3 Å². The van der Waals surface area contributed by atoms with Crippen molar-refractivity contribution in [1.82, 2.24) is 15.5 Å². The minimum atomic E-state index is -0.852. The molecule has 33 heavy (non-hydrogen) atoms. The highest BCUT2D eigenvalue weighted by molar-refractivity contribution is 5.77. The van der Waals surface area contributed by atoms with Crippen molar-refractivity contribution in [3.8, 4) is 0 Å². The third kappa shape index (κ3) is 5.66. The van der Waals surface area contributed by atoms with Gasteiger partial charge in [-0.3, -0.25) is 4.79 Å². The lowest BCUT2D eigenvalue weighted by Crippen LogP contribution is -2.45. The molecule has 3 fully saturated rings. The SMILES string of the molecule is COCC1CCCN1C(=O)CC1CC2OC(CNC(=O)NC(C)c3ccccc3)C(O)C2O1. The molecule has 3 N–H and O–H groups in total. The third-order valence-corrected chi connectivity index (χ3v) is 6.85. The fraction of sp³-hybridized carbons (Fsp3) is 0.667. The minimum absolute atomic E-state index is 0.0661. The van der Waals surface area contributed by atoms with Gasteiger partial charge in [0, 0.05) is 26.6 Å². The Morgan fingerprint density at radius 2 is 2.06 bits per heavy atom. The Hall–Kier alpha value is -2.20. The first kappa shape index (κ1) is 23.9. The normalized spacial score (nSPS) is 31.9. The molecular formula is C24H35N3O6. The highest BCUT2D eigenvalue weighted by Gasteiger charge is 2.50. The summed E-state index contributed by atoms with van der Waals surface area (Å²) in [5.74, 6) is 0.0661. The quantitative estimate of drug-likeness (QED) is 0.539. The second-order valence-corrected chi connectivity index (χ2v) is 9.19. The van der Waals surface area contributed by atoms with Crippen LogP contribution < -0.4 is 10.6 Å². The van der Waals surface area contributed by atoms with Crippen LogP contribution in [0.4, 0.5) is 4.79 Å². The number of aliphatic hydroxyl groups is 1. The Labute approximate surface area is 194 Å². The Morgan fingerprint density at radius 1 is 1.27 bits per heavy atom. The lowest BCUT2D eigenvalue weighted by molar-refractivity contribution is -0.136. The van der Waals surface area contributed by atoms with Crippen LogP contribution in [0.5, 0.6) is 0 Å². The topological polar surface area (TPSA) is 109 Å². The van der Waals surface area contributed by atoms with Gasteiger partial charge in [-0.05, 0) is 25.3 Å². The van der Waals surface area contributed by atoms with E-state index in [9.17, 15) is 14.7 Å². The van der Waals surface area contributed by atoms with Gasteiger partial charge in [-0.1, -0.05) is 30.3 Å². The maximum atomic E-state index is 12.8. The largest absolute Gasteiger partial charge is 0.388 e. The molecule has 3 heterocycles. The van der Waals surface area contributed by atoms with Gasteiger partial charge in [0.2, 0.25) is 5.91 Å². The van der Waals surface area contributed by atoms with E-state index in [-0.39, 0.29) is 49.2 Å². The van der Waals surface area contributed by atoms with E-state index in [0.29, 0.717) is 13.0 Å². The number of aliphatic hydroxyl groups excluding tert-OH is 1. The number of fused-ring (bicyclic) bond motifs is 1. The van der Waals surface area contributed by atoms with E-state index in [0.717, 1.165) is 24.9 Å². The van der Waals surface area contributed by atoms with Crippen LogP contribution in [-0.2, 0) is 19.0 Å². The van der Waals surface area contributed by atoms with E-state index >= 15 is 0 Å². The Kier molecular flexibility index (Phi) is 7.85. The summed E-state index contributed by atoms with van der Waals surface area (Å²) in [6, 6.07) is 9.37. The van der Waals surface area contributed by atoms with Crippen LogP contribution in [0.3, 0.4) is 0 Å². The van der Waals surface area contributed by atoms with Crippen LogP contribution in [0.1, 0.15) is 44.2 Å². The smallest absolute Gasteiger partial charge is 0.315 e. The number of hydrogen-bond acceptors (Lipinski definition) is 6. The predicted octanol–water partition coefficient (Wildman–Crippen LogP) is 1.36. The molecule has 9 nitrogen and oxygen atoms in total. The number of urea groups is 1. The molecule has 0 spiro atoms. The summed E-state index contributed by atoms with van der Waals surface area (Å²) in [4.78, 5) is 26.9. The summed E-state index contributed by atoms with van der Waals surface area (Å²) in [5.41, 5.74) is 1.01. The van der Waals surface area contributed by atoms with Crippen LogP contribution in [-0.4, -0.2) is 85.3 Å². The summed E-state index contributed by atoms with van der Waals surface area (Å²) in [6.07, 6.45) is 0.383. The van der Waals surface area contributed by atoms with Gasteiger partial charge in [-0.15, -0.1) is 0 Å². The number of carbonyl (C=O) groups is 2. The van der Waals surface area contributed by atoms with Gasteiger partial charge in [0.15, 0.2) is 0 Å². The molecule has 0 radical (unpaired) electrons. The number of nitrogens with one attached hydrogen (secondary N) is 2. The number of nitrogens with zero attached hydrogens (tertiary/aromatic N) is 1.